The quantitative estimate of drug-likeness (QED) is 0.449. The van der Waals surface area contributed by atoms with Crippen LogP contribution in [-0.4, -0.2) is 22.4 Å². The average molecular weight is 396 g/mol. The van der Waals surface area contributed by atoms with Gasteiger partial charge in [0, 0.05) is 20.1 Å². The Hall–Kier alpha value is -2.99. The second-order valence-electron chi connectivity index (χ2n) is 6.70. The molecule has 0 aliphatic rings. The highest BCUT2D eigenvalue weighted by Crippen LogP contribution is 2.27. The number of hydrogen-bond acceptors (Lipinski definition) is 2. The lowest BCUT2D eigenvalue weighted by Crippen LogP contribution is -2.28. The van der Waals surface area contributed by atoms with Gasteiger partial charge in [0.1, 0.15) is 17.3 Å². The Labute approximate surface area is 165 Å². The van der Waals surface area contributed by atoms with Gasteiger partial charge in [-0.2, -0.15) is 0 Å². The maximum absolute atomic E-state index is 13.6. The number of rotatable bonds is 5. The maximum atomic E-state index is 13.6. The lowest BCUT2D eigenvalue weighted by atomic mass is 10.2. The van der Waals surface area contributed by atoms with Crippen molar-refractivity contribution in [3.05, 3.63) is 94.5 Å². The predicted octanol–water partition coefficient (Wildman–Crippen LogP) is 5.30. The maximum Gasteiger partial charge on any atom is 0.270 e. The Bertz CT molecular complexity index is 1130. The van der Waals surface area contributed by atoms with Crippen LogP contribution in [0.5, 0.6) is 0 Å². The summed E-state index contributed by atoms with van der Waals surface area (Å²) in [4.78, 5) is 14.7. The Kier molecular flexibility index (Phi) is 4.96. The van der Waals surface area contributed by atoms with E-state index in [1.807, 2.05) is 28.1 Å². The van der Waals surface area contributed by atoms with Crippen molar-refractivity contribution in [3.63, 3.8) is 0 Å². The van der Waals surface area contributed by atoms with Gasteiger partial charge in [-0.3, -0.25) is 4.79 Å². The fourth-order valence-electron chi connectivity index (χ4n) is 3.27. The van der Waals surface area contributed by atoms with Crippen LogP contribution in [-0.2, 0) is 13.1 Å². The van der Waals surface area contributed by atoms with Gasteiger partial charge in [0.05, 0.1) is 10.2 Å². The fraction of sp³-hybridized carbons (Fsp3) is 0.136. The van der Waals surface area contributed by atoms with Crippen molar-refractivity contribution in [1.82, 2.24) is 9.47 Å². The Morgan fingerprint density at radius 3 is 2.54 bits per heavy atom. The van der Waals surface area contributed by atoms with Crippen molar-refractivity contribution in [2.24, 2.45) is 0 Å². The molecule has 0 N–H and O–H groups in total. The van der Waals surface area contributed by atoms with E-state index in [0.29, 0.717) is 18.8 Å². The van der Waals surface area contributed by atoms with Gasteiger partial charge in [0.15, 0.2) is 0 Å². The van der Waals surface area contributed by atoms with Crippen LogP contribution in [0.1, 0.15) is 21.6 Å². The normalized spacial score (nSPS) is 11.1. The molecule has 28 heavy (non-hydrogen) atoms. The zero-order valence-electron chi connectivity index (χ0n) is 15.2. The molecular weight excluding hydrogens is 378 g/mol. The van der Waals surface area contributed by atoms with Gasteiger partial charge in [-0.25, -0.2) is 8.78 Å². The van der Waals surface area contributed by atoms with Crippen LogP contribution < -0.4 is 0 Å². The monoisotopic (exact) mass is 396 g/mol. The summed E-state index contributed by atoms with van der Waals surface area (Å²) in [7, 11) is 1.72. The number of amides is 1. The molecule has 0 radical (unpaired) electrons. The van der Waals surface area contributed by atoms with Gasteiger partial charge >= 0.3 is 0 Å². The number of benzene rings is 2. The van der Waals surface area contributed by atoms with E-state index in [-0.39, 0.29) is 17.5 Å². The molecule has 4 aromatic rings. The van der Waals surface area contributed by atoms with E-state index in [4.69, 9.17) is 0 Å². The number of thiophene rings is 1. The first-order valence-electron chi connectivity index (χ1n) is 8.82. The van der Waals surface area contributed by atoms with Gasteiger partial charge in [0.2, 0.25) is 0 Å². The van der Waals surface area contributed by atoms with E-state index in [2.05, 4.69) is 0 Å². The summed E-state index contributed by atoms with van der Waals surface area (Å²) in [5.41, 5.74) is 3.14. The van der Waals surface area contributed by atoms with Gasteiger partial charge < -0.3 is 9.47 Å². The van der Waals surface area contributed by atoms with E-state index < -0.39 is 0 Å². The number of carbonyl (C=O) groups excluding carboxylic acids is 1. The van der Waals surface area contributed by atoms with Crippen molar-refractivity contribution in [3.8, 4) is 0 Å². The molecule has 1 amide bonds. The number of halogens is 2. The Morgan fingerprint density at radius 2 is 1.79 bits per heavy atom. The van der Waals surface area contributed by atoms with E-state index in [9.17, 15) is 13.6 Å². The number of aromatic nitrogens is 1. The fourth-order valence-corrected chi connectivity index (χ4v) is 4.10. The minimum Gasteiger partial charge on any atom is -0.336 e. The van der Waals surface area contributed by atoms with Crippen LogP contribution in [0.3, 0.4) is 0 Å². The summed E-state index contributed by atoms with van der Waals surface area (Å²) in [6.45, 7) is 0.779. The lowest BCUT2D eigenvalue weighted by Gasteiger charge is -2.19. The molecule has 0 atom stereocenters. The van der Waals surface area contributed by atoms with E-state index in [1.54, 1.807) is 41.5 Å². The molecule has 2 aromatic heterocycles. The molecule has 3 nitrogen and oxygen atoms in total. The van der Waals surface area contributed by atoms with Gasteiger partial charge in [0.25, 0.3) is 5.91 Å². The zero-order chi connectivity index (χ0) is 19.7. The van der Waals surface area contributed by atoms with Crippen LogP contribution in [0.4, 0.5) is 8.78 Å². The SMILES string of the molecule is CN(Cc1ccc(F)cc1)C(=O)c1cc2sccc2n1Cc1cccc(F)c1. The summed E-state index contributed by atoms with van der Waals surface area (Å²) < 4.78 is 29.6. The molecule has 0 saturated carbocycles. The molecule has 0 aliphatic carbocycles. The standard InChI is InChI=1S/C22H18F2N2OS/c1-25(13-15-5-7-17(23)8-6-15)22(27)20-12-21-19(9-10-28-21)26(20)14-16-3-2-4-18(24)11-16/h2-12H,13-14H2,1H3. The number of hydrogen-bond donors (Lipinski definition) is 0. The molecule has 0 saturated heterocycles. The van der Waals surface area contributed by atoms with Crippen LogP contribution in [0, 0.1) is 11.6 Å². The average Bonchev–Trinajstić information content (AvgIpc) is 3.26. The lowest BCUT2D eigenvalue weighted by molar-refractivity contribution is 0.0775. The van der Waals surface area contributed by atoms with Crippen LogP contribution in [0.2, 0.25) is 0 Å². The van der Waals surface area contributed by atoms with Gasteiger partial charge in [-0.05, 0) is 52.9 Å². The zero-order valence-corrected chi connectivity index (χ0v) is 16.0. The summed E-state index contributed by atoms with van der Waals surface area (Å²) >= 11 is 1.56. The van der Waals surface area contributed by atoms with Crippen LogP contribution >= 0.6 is 11.3 Å². The third-order valence-electron chi connectivity index (χ3n) is 4.65. The molecule has 2 heterocycles. The van der Waals surface area contributed by atoms with Crippen LogP contribution in [0.25, 0.3) is 10.2 Å². The van der Waals surface area contributed by atoms with Crippen molar-refractivity contribution < 1.29 is 13.6 Å². The van der Waals surface area contributed by atoms with E-state index in [0.717, 1.165) is 21.3 Å². The van der Waals surface area contributed by atoms with E-state index >= 15 is 0 Å². The Balaban J connectivity index is 1.64. The summed E-state index contributed by atoms with van der Waals surface area (Å²) in [5.74, 6) is -0.737. The topological polar surface area (TPSA) is 25.2 Å². The summed E-state index contributed by atoms with van der Waals surface area (Å²) in [6.07, 6.45) is 0. The van der Waals surface area contributed by atoms with E-state index in [1.165, 1.54) is 24.3 Å². The van der Waals surface area contributed by atoms with Gasteiger partial charge in [-0.15, -0.1) is 11.3 Å². The molecule has 0 bridgehead atoms. The molecule has 0 spiro atoms. The number of carbonyl (C=O) groups is 1. The number of nitrogens with zero attached hydrogens (tertiary/aromatic N) is 2. The third kappa shape index (κ3) is 3.68. The first-order chi connectivity index (χ1) is 13.5. The molecule has 4 rings (SSSR count). The number of fused-ring (bicyclic) bond motifs is 1. The van der Waals surface area contributed by atoms with Crippen molar-refractivity contribution in [2.75, 3.05) is 7.05 Å². The smallest absolute Gasteiger partial charge is 0.270 e. The highest BCUT2D eigenvalue weighted by molar-refractivity contribution is 7.17. The van der Waals surface area contributed by atoms with Crippen molar-refractivity contribution in [1.29, 1.82) is 0 Å². The second kappa shape index (κ2) is 7.56. The molecular formula is C22H18F2N2OS. The highest BCUT2D eigenvalue weighted by atomic mass is 32.1. The summed E-state index contributed by atoms with van der Waals surface area (Å²) in [6, 6.07) is 16.4. The third-order valence-corrected chi connectivity index (χ3v) is 5.50. The summed E-state index contributed by atoms with van der Waals surface area (Å²) in [5, 5.41) is 1.98. The molecule has 0 aliphatic heterocycles. The predicted molar refractivity (Wildman–Crippen MR) is 108 cm³/mol. The second-order valence-corrected chi connectivity index (χ2v) is 7.65. The highest BCUT2D eigenvalue weighted by Gasteiger charge is 2.20. The largest absolute Gasteiger partial charge is 0.336 e. The molecule has 2 aromatic carbocycles. The first kappa shape index (κ1) is 18.4. The van der Waals surface area contributed by atoms with Gasteiger partial charge in [-0.1, -0.05) is 24.3 Å². The minimum absolute atomic E-state index is 0.135. The van der Waals surface area contributed by atoms with Crippen LogP contribution in [0.15, 0.2) is 66.0 Å². The first-order valence-corrected chi connectivity index (χ1v) is 9.70. The molecule has 0 fully saturated rings. The minimum atomic E-state index is -0.304. The van der Waals surface area contributed by atoms with Crippen molar-refractivity contribution in [2.45, 2.75) is 13.1 Å². The molecule has 0 unspecified atom stereocenters. The molecule has 142 valence electrons. The molecule has 6 heteroatoms. The Morgan fingerprint density at radius 1 is 1.00 bits per heavy atom. The van der Waals surface area contributed by atoms with Crippen molar-refractivity contribution >= 4 is 27.5 Å².